The molecule has 3 rings (SSSR count). The van der Waals surface area contributed by atoms with Crippen LogP contribution in [0.15, 0.2) is 24.3 Å². The molecule has 0 bridgehead atoms. The molecule has 0 saturated heterocycles. The van der Waals surface area contributed by atoms with Crippen molar-refractivity contribution < 1.29 is 4.39 Å². The largest absolute Gasteiger partial charge is 0.368 e. The summed E-state index contributed by atoms with van der Waals surface area (Å²) in [6, 6.07) is 6.42. The number of halogens is 2. The van der Waals surface area contributed by atoms with Crippen molar-refractivity contribution in [3.63, 3.8) is 0 Å². The van der Waals surface area contributed by atoms with Gasteiger partial charge in [-0.2, -0.15) is 4.98 Å². The number of benzene rings is 1. The van der Waals surface area contributed by atoms with Crippen LogP contribution in [0.1, 0.15) is 11.8 Å². The predicted octanol–water partition coefficient (Wildman–Crippen LogP) is 4.37. The molecular formula is C14H12ClFN4S. The van der Waals surface area contributed by atoms with E-state index in [1.165, 1.54) is 10.9 Å². The summed E-state index contributed by atoms with van der Waals surface area (Å²) in [5, 5.41) is 4.14. The fourth-order valence-electron chi connectivity index (χ4n) is 1.98. The second-order valence-electron chi connectivity index (χ2n) is 4.46. The maximum atomic E-state index is 13.9. The Hall–Kier alpha value is -1.92. The van der Waals surface area contributed by atoms with E-state index in [1.807, 2.05) is 6.07 Å². The van der Waals surface area contributed by atoms with Gasteiger partial charge in [-0.25, -0.2) is 9.37 Å². The van der Waals surface area contributed by atoms with Gasteiger partial charge in [-0.3, -0.25) is 0 Å². The molecule has 0 aliphatic rings. The summed E-state index contributed by atoms with van der Waals surface area (Å²) in [4.78, 5) is 10.3. The zero-order chi connectivity index (χ0) is 15.0. The lowest BCUT2D eigenvalue weighted by atomic mass is 10.2. The van der Waals surface area contributed by atoms with E-state index in [0.717, 1.165) is 16.6 Å². The van der Waals surface area contributed by atoms with E-state index in [0.29, 0.717) is 16.5 Å². The molecule has 3 aromatic rings. The van der Waals surface area contributed by atoms with Crippen molar-refractivity contribution in [2.45, 2.75) is 13.3 Å². The van der Waals surface area contributed by atoms with E-state index in [2.05, 4.69) is 22.2 Å². The second kappa shape index (κ2) is 5.46. The quantitative estimate of drug-likeness (QED) is 0.751. The van der Waals surface area contributed by atoms with E-state index >= 15 is 0 Å². The Morgan fingerprint density at radius 2 is 2.14 bits per heavy atom. The molecule has 0 spiro atoms. The fraction of sp³-hybridized carbons (Fsp3) is 0.143. The number of aromatic nitrogens is 2. The van der Waals surface area contributed by atoms with Gasteiger partial charge in [-0.05, 0) is 30.7 Å². The molecule has 2 aromatic heterocycles. The van der Waals surface area contributed by atoms with Crippen LogP contribution in [0.4, 0.5) is 21.8 Å². The van der Waals surface area contributed by atoms with Crippen molar-refractivity contribution in [3.8, 4) is 0 Å². The average molecular weight is 323 g/mol. The molecule has 21 heavy (non-hydrogen) atoms. The highest BCUT2D eigenvalue weighted by molar-refractivity contribution is 7.18. The molecule has 0 aliphatic carbocycles. The van der Waals surface area contributed by atoms with Crippen LogP contribution in [0.25, 0.3) is 10.2 Å². The van der Waals surface area contributed by atoms with Gasteiger partial charge in [-0.15, -0.1) is 11.3 Å². The average Bonchev–Trinajstić information content (AvgIpc) is 2.85. The lowest BCUT2D eigenvalue weighted by Gasteiger charge is -2.08. The second-order valence-corrected chi connectivity index (χ2v) is 6.02. The van der Waals surface area contributed by atoms with Gasteiger partial charge in [0.25, 0.3) is 0 Å². The van der Waals surface area contributed by atoms with Gasteiger partial charge in [0.2, 0.25) is 5.95 Å². The van der Waals surface area contributed by atoms with Crippen molar-refractivity contribution in [3.05, 3.63) is 40.0 Å². The van der Waals surface area contributed by atoms with E-state index in [1.54, 1.807) is 23.5 Å². The first kappa shape index (κ1) is 14.0. The van der Waals surface area contributed by atoms with Crippen LogP contribution in [0.2, 0.25) is 5.02 Å². The summed E-state index contributed by atoms with van der Waals surface area (Å²) in [5.74, 6) is 0.206. The molecule has 0 fully saturated rings. The Morgan fingerprint density at radius 3 is 2.86 bits per heavy atom. The lowest BCUT2D eigenvalue weighted by Crippen LogP contribution is -2.01. The monoisotopic (exact) mass is 322 g/mol. The Bertz CT molecular complexity index is 818. The molecule has 2 heterocycles. The fourth-order valence-corrected chi connectivity index (χ4v) is 3.11. The first-order chi connectivity index (χ1) is 10.1. The minimum absolute atomic E-state index is 0.156. The smallest absolute Gasteiger partial charge is 0.223 e. The number of hydrogen-bond acceptors (Lipinski definition) is 5. The first-order valence-corrected chi connectivity index (χ1v) is 7.54. The van der Waals surface area contributed by atoms with Crippen LogP contribution >= 0.6 is 22.9 Å². The molecule has 0 radical (unpaired) electrons. The maximum Gasteiger partial charge on any atom is 0.223 e. The van der Waals surface area contributed by atoms with E-state index in [9.17, 15) is 4.39 Å². The van der Waals surface area contributed by atoms with E-state index < -0.39 is 5.82 Å². The van der Waals surface area contributed by atoms with E-state index in [-0.39, 0.29) is 5.95 Å². The molecule has 0 atom stereocenters. The number of thiophene rings is 1. The molecule has 1 aromatic carbocycles. The van der Waals surface area contributed by atoms with Gasteiger partial charge >= 0.3 is 0 Å². The molecule has 0 unspecified atom stereocenters. The van der Waals surface area contributed by atoms with Crippen molar-refractivity contribution in [1.29, 1.82) is 0 Å². The van der Waals surface area contributed by atoms with Gasteiger partial charge in [-0.1, -0.05) is 18.5 Å². The molecule has 0 amide bonds. The van der Waals surface area contributed by atoms with Gasteiger partial charge in [0.05, 0.1) is 11.1 Å². The summed E-state index contributed by atoms with van der Waals surface area (Å²) in [5.41, 5.74) is 6.02. The Labute approximate surface area is 129 Å². The van der Waals surface area contributed by atoms with Crippen LogP contribution in [0.5, 0.6) is 0 Å². The van der Waals surface area contributed by atoms with Crippen molar-refractivity contribution in [1.82, 2.24) is 9.97 Å². The van der Waals surface area contributed by atoms with Crippen molar-refractivity contribution in [2.24, 2.45) is 0 Å². The third-order valence-electron chi connectivity index (χ3n) is 2.99. The molecule has 3 N–H and O–H groups in total. The van der Waals surface area contributed by atoms with Crippen LogP contribution in [-0.4, -0.2) is 9.97 Å². The third kappa shape index (κ3) is 2.77. The summed E-state index contributed by atoms with van der Waals surface area (Å²) in [6.07, 6.45) is 0.898. The van der Waals surface area contributed by atoms with Gasteiger partial charge in [0.1, 0.15) is 16.5 Å². The molecule has 7 heteroatoms. The number of aryl methyl sites for hydroxylation is 1. The summed E-state index contributed by atoms with van der Waals surface area (Å²) >= 11 is 7.31. The normalized spacial score (nSPS) is 11.0. The van der Waals surface area contributed by atoms with E-state index in [4.69, 9.17) is 17.3 Å². The Kier molecular flexibility index (Phi) is 3.65. The highest BCUT2D eigenvalue weighted by atomic mass is 35.5. The standard InChI is InChI=1S/C14H12ClFN4S/c1-2-8-6-9-12(19-14(17)20-13(9)21-8)18-11-4-3-7(15)5-10(11)16/h3-6H,2H2,1H3,(H3,17,18,19,20). The third-order valence-corrected chi connectivity index (χ3v) is 4.40. The number of nitrogens with one attached hydrogen (secondary N) is 1. The molecule has 0 aliphatic heterocycles. The van der Waals surface area contributed by atoms with Crippen molar-refractivity contribution >= 4 is 50.6 Å². The SMILES string of the molecule is CCc1cc2c(Nc3ccc(Cl)cc3F)nc(N)nc2s1. The number of anilines is 3. The van der Waals surface area contributed by atoms with Gasteiger partial charge in [0, 0.05) is 9.90 Å². The van der Waals surface area contributed by atoms with Crippen LogP contribution in [0, 0.1) is 5.82 Å². The topological polar surface area (TPSA) is 63.8 Å². The van der Waals surface area contributed by atoms with Crippen LogP contribution in [-0.2, 0) is 6.42 Å². The molecule has 0 saturated carbocycles. The number of nitrogen functional groups attached to an aromatic ring is 1. The zero-order valence-electron chi connectivity index (χ0n) is 11.2. The Morgan fingerprint density at radius 1 is 1.33 bits per heavy atom. The minimum atomic E-state index is -0.446. The number of nitrogens with two attached hydrogens (primary N) is 1. The number of nitrogens with zero attached hydrogens (tertiary/aromatic N) is 2. The van der Waals surface area contributed by atoms with Crippen molar-refractivity contribution in [2.75, 3.05) is 11.1 Å². The summed E-state index contributed by atoms with van der Waals surface area (Å²) < 4.78 is 13.9. The van der Waals surface area contributed by atoms with Gasteiger partial charge in [0.15, 0.2) is 0 Å². The van der Waals surface area contributed by atoms with Gasteiger partial charge < -0.3 is 11.1 Å². The number of rotatable bonds is 3. The first-order valence-electron chi connectivity index (χ1n) is 6.35. The minimum Gasteiger partial charge on any atom is -0.368 e. The molecular weight excluding hydrogens is 311 g/mol. The molecule has 4 nitrogen and oxygen atoms in total. The van der Waals surface area contributed by atoms with Crippen LogP contribution in [0.3, 0.4) is 0 Å². The summed E-state index contributed by atoms with van der Waals surface area (Å²) in [7, 11) is 0. The maximum absolute atomic E-state index is 13.9. The summed E-state index contributed by atoms with van der Waals surface area (Å²) in [6.45, 7) is 2.06. The number of hydrogen-bond donors (Lipinski definition) is 2. The number of fused-ring (bicyclic) bond motifs is 1. The highest BCUT2D eigenvalue weighted by Gasteiger charge is 2.12. The van der Waals surface area contributed by atoms with Crippen LogP contribution < -0.4 is 11.1 Å². The predicted molar refractivity (Wildman–Crippen MR) is 85.9 cm³/mol. The highest BCUT2D eigenvalue weighted by Crippen LogP contribution is 2.32. The molecule has 108 valence electrons. The lowest BCUT2D eigenvalue weighted by molar-refractivity contribution is 0.632. The Balaban J connectivity index is 2.08. The zero-order valence-corrected chi connectivity index (χ0v) is 12.7.